The Bertz CT molecular complexity index is 816. The van der Waals surface area contributed by atoms with E-state index in [1.54, 1.807) is 0 Å². The molecule has 3 aromatic rings. The van der Waals surface area contributed by atoms with Crippen LogP contribution >= 0.6 is 11.6 Å². The molecular formula is C16H16ClN3O. The number of halogens is 1. The SMILES string of the molecule is CCn1nc(C)cc1Cn1cc(C=O)c2ccc(Cl)cc21. The van der Waals surface area contributed by atoms with Gasteiger partial charge in [0.2, 0.25) is 0 Å². The number of carbonyl (C=O) groups is 1. The minimum absolute atomic E-state index is 0.666. The van der Waals surface area contributed by atoms with Crippen molar-refractivity contribution in [3.8, 4) is 0 Å². The third kappa shape index (κ3) is 2.47. The maximum absolute atomic E-state index is 11.2. The predicted octanol–water partition coefficient (Wildman–Crippen LogP) is 3.68. The molecule has 0 radical (unpaired) electrons. The van der Waals surface area contributed by atoms with Crippen LogP contribution in [0.15, 0.2) is 30.5 Å². The molecule has 0 fully saturated rings. The van der Waals surface area contributed by atoms with E-state index in [0.717, 1.165) is 35.1 Å². The standard InChI is InChI=1S/C16H16ClN3O/c1-3-20-14(6-11(2)18-20)9-19-8-12(10-21)15-5-4-13(17)7-16(15)19/h4-8,10H,3,9H2,1-2H3. The lowest BCUT2D eigenvalue weighted by molar-refractivity contribution is 0.112. The van der Waals surface area contributed by atoms with Gasteiger partial charge in [-0.3, -0.25) is 9.48 Å². The van der Waals surface area contributed by atoms with Gasteiger partial charge in [0.05, 0.1) is 23.4 Å². The van der Waals surface area contributed by atoms with E-state index >= 15 is 0 Å². The smallest absolute Gasteiger partial charge is 0.152 e. The highest BCUT2D eigenvalue weighted by molar-refractivity contribution is 6.31. The third-order valence-corrected chi connectivity index (χ3v) is 3.85. The Morgan fingerprint density at radius 1 is 1.33 bits per heavy atom. The zero-order valence-corrected chi connectivity index (χ0v) is 12.8. The van der Waals surface area contributed by atoms with Gasteiger partial charge in [-0.2, -0.15) is 5.10 Å². The lowest BCUT2D eigenvalue weighted by Crippen LogP contribution is -2.07. The molecule has 0 saturated heterocycles. The van der Waals surface area contributed by atoms with Gasteiger partial charge in [-0.15, -0.1) is 0 Å². The highest BCUT2D eigenvalue weighted by Gasteiger charge is 2.11. The number of benzene rings is 1. The molecule has 4 nitrogen and oxygen atoms in total. The summed E-state index contributed by atoms with van der Waals surface area (Å²) in [6.07, 6.45) is 2.76. The summed E-state index contributed by atoms with van der Waals surface area (Å²) in [5.74, 6) is 0. The van der Waals surface area contributed by atoms with E-state index in [1.807, 2.05) is 40.6 Å². The van der Waals surface area contributed by atoms with Crippen molar-refractivity contribution in [3.05, 3.63) is 52.4 Å². The maximum Gasteiger partial charge on any atom is 0.152 e. The first-order chi connectivity index (χ1) is 10.1. The zero-order chi connectivity index (χ0) is 15.0. The number of aromatic nitrogens is 3. The van der Waals surface area contributed by atoms with Gasteiger partial charge < -0.3 is 4.57 Å². The first-order valence-electron chi connectivity index (χ1n) is 6.89. The molecule has 0 N–H and O–H groups in total. The van der Waals surface area contributed by atoms with Crippen LogP contribution in [0.3, 0.4) is 0 Å². The van der Waals surface area contributed by atoms with E-state index in [-0.39, 0.29) is 0 Å². The van der Waals surface area contributed by atoms with Crippen LogP contribution in [-0.2, 0) is 13.1 Å². The van der Waals surface area contributed by atoms with Gasteiger partial charge in [-0.1, -0.05) is 17.7 Å². The first-order valence-corrected chi connectivity index (χ1v) is 7.27. The molecule has 2 aromatic heterocycles. The normalized spacial score (nSPS) is 11.2. The number of hydrogen-bond acceptors (Lipinski definition) is 2. The fourth-order valence-corrected chi connectivity index (χ4v) is 2.86. The average molecular weight is 302 g/mol. The largest absolute Gasteiger partial charge is 0.341 e. The Morgan fingerprint density at radius 3 is 2.86 bits per heavy atom. The number of carbonyl (C=O) groups excluding carboxylic acids is 1. The van der Waals surface area contributed by atoms with Gasteiger partial charge in [0, 0.05) is 28.7 Å². The number of nitrogens with zero attached hydrogens (tertiary/aromatic N) is 3. The van der Waals surface area contributed by atoms with E-state index in [4.69, 9.17) is 11.6 Å². The average Bonchev–Trinajstić information content (AvgIpc) is 2.99. The molecule has 0 aliphatic rings. The first kappa shape index (κ1) is 13.9. The number of rotatable bonds is 4. The summed E-state index contributed by atoms with van der Waals surface area (Å²) in [4.78, 5) is 11.2. The van der Waals surface area contributed by atoms with Crippen LogP contribution in [0.1, 0.15) is 28.7 Å². The van der Waals surface area contributed by atoms with Crippen molar-refractivity contribution >= 4 is 28.8 Å². The van der Waals surface area contributed by atoms with E-state index < -0.39 is 0 Å². The maximum atomic E-state index is 11.2. The van der Waals surface area contributed by atoms with Crippen molar-refractivity contribution in [1.82, 2.24) is 14.3 Å². The van der Waals surface area contributed by atoms with Crippen LogP contribution in [0.25, 0.3) is 10.9 Å². The lowest BCUT2D eigenvalue weighted by atomic mass is 10.2. The molecule has 0 bridgehead atoms. The Labute approximate surface area is 127 Å². The molecule has 0 aliphatic carbocycles. The molecule has 0 spiro atoms. The molecule has 3 rings (SSSR count). The molecule has 1 aromatic carbocycles. The summed E-state index contributed by atoms with van der Waals surface area (Å²) >= 11 is 6.09. The molecule has 108 valence electrons. The lowest BCUT2D eigenvalue weighted by Gasteiger charge is -2.07. The topological polar surface area (TPSA) is 39.8 Å². The highest BCUT2D eigenvalue weighted by Crippen LogP contribution is 2.25. The molecule has 0 aliphatic heterocycles. The minimum Gasteiger partial charge on any atom is -0.341 e. The van der Waals surface area contributed by atoms with Crippen LogP contribution < -0.4 is 0 Å². The van der Waals surface area contributed by atoms with Crippen LogP contribution in [0.2, 0.25) is 5.02 Å². The van der Waals surface area contributed by atoms with Crippen LogP contribution in [-0.4, -0.2) is 20.6 Å². The number of fused-ring (bicyclic) bond motifs is 1. The number of aldehydes is 1. The fraction of sp³-hybridized carbons (Fsp3) is 0.250. The van der Waals surface area contributed by atoms with Crippen molar-refractivity contribution in [2.24, 2.45) is 0 Å². The summed E-state index contributed by atoms with van der Waals surface area (Å²) in [7, 11) is 0. The molecule has 0 amide bonds. The Morgan fingerprint density at radius 2 is 2.14 bits per heavy atom. The molecule has 21 heavy (non-hydrogen) atoms. The molecule has 5 heteroatoms. The van der Waals surface area contributed by atoms with Crippen molar-refractivity contribution in [1.29, 1.82) is 0 Å². The Hall–Kier alpha value is -2.07. The van der Waals surface area contributed by atoms with Crippen LogP contribution in [0.4, 0.5) is 0 Å². The van der Waals surface area contributed by atoms with Crippen LogP contribution in [0, 0.1) is 6.92 Å². The fourth-order valence-electron chi connectivity index (χ4n) is 2.69. The summed E-state index contributed by atoms with van der Waals surface area (Å²) in [5, 5.41) is 6.05. The van der Waals surface area contributed by atoms with Gasteiger partial charge in [0.25, 0.3) is 0 Å². The summed E-state index contributed by atoms with van der Waals surface area (Å²) in [6.45, 7) is 5.54. The second kappa shape index (κ2) is 5.37. The summed E-state index contributed by atoms with van der Waals surface area (Å²) in [5.41, 5.74) is 3.76. The highest BCUT2D eigenvalue weighted by atomic mass is 35.5. The number of hydrogen-bond donors (Lipinski definition) is 0. The monoisotopic (exact) mass is 301 g/mol. The Balaban J connectivity index is 2.11. The van der Waals surface area contributed by atoms with Crippen molar-refractivity contribution in [2.45, 2.75) is 26.9 Å². The molecule has 2 heterocycles. The third-order valence-electron chi connectivity index (χ3n) is 3.62. The van der Waals surface area contributed by atoms with E-state index in [9.17, 15) is 4.79 Å². The summed E-state index contributed by atoms with van der Waals surface area (Å²) in [6, 6.07) is 7.66. The zero-order valence-electron chi connectivity index (χ0n) is 12.0. The second-order valence-corrected chi connectivity index (χ2v) is 5.52. The van der Waals surface area contributed by atoms with Crippen LogP contribution in [0.5, 0.6) is 0 Å². The van der Waals surface area contributed by atoms with Gasteiger partial charge in [0.1, 0.15) is 0 Å². The van der Waals surface area contributed by atoms with E-state index in [2.05, 4.69) is 18.1 Å². The second-order valence-electron chi connectivity index (χ2n) is 5.08. The van der Waals surface area contributed by atoms with Gasteiger partial charge in [-0.05, 0) is 32.0 Å². The van der Waals surface area contributed by atoms with Gasteiger partial charge >= 0.3 is 0 Å². The molecule has 0 saturated carbocycles. The predicted molar refractivity (Wildman–Crippen MR) is 84.1 cm³/mol. The molecule has 0 unspecified atom stereocenters. The van der Waals surface area contributed by atoms with E-state index in [0.29, 0.717) is 17.1 Å². The minimum atomic E-state index is 0.666. The van der Waals surface area contributed by atoms with Gasteiger partial charge in [-0.25, -0.2) is 0 Å². The van der Waals surface area contributed by atoms with Crippen molar-refractivity contribution in [3.63, 3.8) is 0 Å². The van der Waals surface area contributed by atoms with Crippen molar-refractivity contribution < 1.29 is 4.79 Å². The molecule has 0 atom stereocenters. The number of aryl methyl sites for hydroxylation is 2. The van der Waals surface area contributed by atoms with E-state index in [1.165, 1.54) is 0 Å². The van der Waals surface area contributed by atoms with Crippen molar-refractivity contribution in [2.75, 3.05) is 0 Å². The Kier molecular flexibility index (Phi) is 3.55. The molecular weight excluding hydrogens is 286 g/mol. The quantitative estimate of drug-likeness (QED) is 0.690. The summed E-state index contributed by atoms with van der Waals surface area (Å²) < 4.78 is 4.03. The van der Waals surface area contributed by atoms with Gasteiger partial charge in [0.15, 0.2) is 6.29 Å².